The van der Waals surface area contributed by atoms with Crippen LogP contribution in [0.15, 0.2) is 22.7 Å². The number of methoxy groups -OCH3 is 1. The van der Waals surface area contributed by atoms with Gasteiger partial charge in [0.2, 0.25) is 0 Å². The van der Waals surface area contributed by atoms with Gasteiger partial charge in [-0.1, -0.05) is 11.6 Å². The number of hydrogen-bond donors (Lipinski definition) is 0. The molecule has 1 aromatic rings. The average Bonchev–Trinajstić information content (AvgIpc) is 2.32. The zero-order valence-corrected chi connectivity index (χ0v) is 13.0. The average molecular weight is 314 g/mol. The Hall–Kier alpha value is -0.870. The highest BCUT2D eigenvalue weighted by Gasteiger charge is 2.20. The quantitative estimate of drug-likeness (QED) is 0.835. The van der Waals surface area contributed by atoms with Crippen LogP contribution in [0, 0.1) is 6.92 Å². The molecule has 0 saturated carbocycles. The number of rotatable bonds is 5. The zero-order valence-electron chi connectivity index (χ0n) is 11.4. The summed E-state index contributed by atoms with van der Waals surface area (Å²) in [5.74, 6) is 0.0395. The fraction of sp³-hybridized carbons (Fsp3) is 0.500. The van der Waals surface area contributed by atoms with Gasteiger partial charge < -0.3 is 9.64 Å². The number of amides is 1. The van der Waals surface area contributed by atoms with Gasteiger partial charge in [-0.15, -0.1) is 0 Å². The molecule has 0 aliphatic rings. The first-order chi connectivity index (χ1) is 8.47. The van der Waals surface area contributed by atoms with E-state index in [0.717, 1.165) is 10.0 Å². The first-order valence-corrected chi connectivity index (χ1v) is 6.82. The van der Waals surface area contributed by atoms with Gasteiger partial charge in [0, 0.05) is 24.2 Å². The Morgan fingerprint density at radius 3 is 2.67 bits per heavy atom. The van der Waals surface area contributed by atoms with E-state index in [4.69, 9.17) is 4.74 Å². The highest BCUT2D eigenvalue weighted by molar-refractivity contribution is 9.10. The first-order valence-electron chi connectivity index (χ1n) is 6.03. The molecular formula is C14H20BrNO2. The normalized spacial score (nSPS) is 10.8. The summed E-state index contributed by atoms with van der Waals surface area (Å²) in [6.45, 7) is 7.16. The molecule has 0 aliphatic carbocycles. The van der Waals surface area contributed by atoms with Crippen molar-refractivity contribution < 1.29 is 9.53 Å². The molecule has 3 nitrogen and oxygen atoms in total. The molecule has 0 radical (unpaired) electrons. The standard InChI is InChI=1S/C14H20BrNO2/c1-10(2)16(7-8-18-4)14(17)12-9-11(3)5-6-13(12)15/h5-6,9-10H,7-8H2,1-4H3. The number of ether oxygens (including phenoxy) is 1. The van der Waals surface area contributed by atoms with Gasteiger partial charge in [0.1, 0.15) is 0 Å². The molecule has 0 bridgehead atoms. The molecule has 0 heterocycles. The number of benzene rings is 1. The van der Waals surface area contributed by atoms with Gasteiger partial charge in [0.25, 0.3) is 5.91 Å². The molecule has 0 unspecified atom stereocenters. The highest BCUT2D eigenvalue weighted by atomic mass is 79.9. The van der Waals surface area contributed by atoms with Crippen molar-refractivity contribution in [3.8, 4) is 0 Å². The lowest BCUT2D eigenvalue weighted by Crippen LogP contribution is -2.39. The lowest BCUT2D eigenvalue weighted by Gasteiger charge is -2.27. The maximum atomic E-state index is 12.5. The molecule has 100 valence electrons. The molecule has 0 N–H and O–H groups in total. The lowest BCUT2D eigenvalue weighted by molar-refractivity contribution is 0.0634. The van der Waals surface area contributed by atoms with Crippen LogP contribution in [-0.2, 0) is 4.74 Å². The van der Waals surface area contributed by atoms with Crippen LogP contribution in [0.4, 0.5) is 0 Å². The van der Waals surface area contributed by atoms with Crippen molar-refractivity contribution in [1.29, 1.82) is 0 Å². The third-order valence-corrected chi connectivity index (χ3v) is 3.46. The van der Waals surface area contributed by atoms with Gasteiger partial charge in [-0.3, -0.25) is 4.79 Å². The Morgan fingerprint density at radius 2 is 2.11 bits per heavy atom. The van der Waals surface area contributed by atoms with E-state index in [9.17, 15) is 4.79 Å². The van der Waals surface area contributed by atoms with Crippen molar-refractivity contribution in [3.05, 3.63) is 33.8 Å². The molecule has 0 spiro atoms. The van der Waals surface area contributed by atoms with Gasteiger partial charge in [0.05, 0.1) is 12.2 Å². The summed E-state index contributed by atoms with van der Waals surface area (Å²) in [6, 6.07) is 5.96. The predicted molar refractivity (Wildman–Crippen MR) is 76.9 cm³/mol. The Balaban J connectivity index is 2.98. The van der Waals surface area contributed by atoms with Gasteiger partial charge in [0.15, 0.2) is 0 Å². The molecule has 0 aromatic heterocycles. The van der Waals surface area contributed by atoms with Crippen molar-refractivity contribution in [3.63, 3.8) is 0 Å². The molecule has 0 saturated heterocycles. The lowest BCUT2D eigenvalue weighted by atomic mass is 10.1. The van der Waals surface area contributed by atoms with Gasteiger partial charge in [-0.25, -0.2) is 0 Å². The molecule has 0 atom stereocenters. The van der Waals surface area contributed by atoms with E-state index >= 15 is 0 Å². The van der Waals surface area contributed by atoms with Gasteiger partial charge in [-0.2, -0.15) is 0 Å². The van der Waals surface area contributed by atoms with Crippen LogP contribution in [0.25, 0.3) is 0 Å². The number of carbonyl (C=O) groups excluding carboxylic acids is 1. The summed E-state index contributed by atoms with van der Waals surface area (Å²) >= 11 is 3.44. The van der Waals surface area contributed by atoms with E-state index in [1.54, 1.807) is 7.11 Å². The maximum Gasteiger partial charge on any atom is 0.255 e. The molecule has 18 heavy (non-hydrogen) atoms. The van der Waals surface area contributed by atoms with Crippen molar-refractivity contribution >= 4 is 21.8 Å². The molecule has 0 fully saturated rings. The van der Waals surface area contributed by atoms with Crippen LogP contribution < -0.4 is 0 Å². The number of carbonyl (C=O) groups is 1. The molecule has 1 aromatic carbocycles. The molecular weight excluding hydrogens is 294 g/mol. The maximum absolute atomic E-state index is 12.5. The Morgan fingerprint density at radius 1 is 1.44 bits per heavy atom. The Kier molecular flexibility index (Phi) is 5.82. The predicted octanol–water partition coefficient (Wildman–Crippen LogP) is 3.25. The fourth-order valence-electron chi connectivity index (χ4n) is 1.74. The van der Waals surface area contributed by atoms with Crippen molar-refractivity contribution in [2.24, 2.45) is 0 Å². The molecule has 1 rings (SSSR count). The van der Waals surface area contributed by atoms with Gasteiger partial charge >= 0.3 is 0 Å². The summed E-state index contributed by atoms with van der Waals surface area (Å²) in [4.78, 5) is 14.3. The van der Waals surface area contributed by atoms with E-state index in [1.807, 2.05) is 43.9 Å². The second-order valence-corrected chi connectivity index (χ2v) is 5.42. The summed E-state index contributed by atoms with van der Waals surface area (Å²) in [5.41, 5.74) is 1.79. The van der Waals surface area contributed by atoms with Crippen LogP contribution in [0.1, 0.15) is 29.8 Å². The smallest absolute Gasteiger partial charge is 0.255 e. The van der Waals surface area contributed by atoms with E-state index in [-0.39, 0.29) is 11.9 Å². The number of halogens is 1. The monoisotopic (exact) mass is 313 g/mol. The van der Waals surface area contributed by atoms with Crippen molar-refractivity contribution in [2.45, 2.75) is 26.8 Å². The number of nitrogens with zero attached hydrogens (tertiary/aromatic N) is 1. The number of aryl methyl sites for hydroxylation is 1. The number of hydrogen-bond acceptors (Lipinski definition) is 2. The largest absolute Gasteiger partial charge is 0.383 e. The molecule has 1 amide bonds. The SMILES string of the molecule is COCCN(C(=O)c1cc(C)ccc1Br)C(C)C. The van der Waals surface area contributed by atoms with Crippen LogP contribution in [0.3, 0.4) is 0 Å². The van der Waals surface area contributed by atoms with Crippen molar-refractivity contribution in [2.75, 3.05) is 20.3 Å². The Labute approximate surface area is 117 Å². The van der Waals surface area contributed by atoms with Crippen LogP contribution in [0.5, 0.6) is 0 Å². The first kappa shape index (κ1) is 15.2. The topological polar surface area (TPSA) is 29.5 Å². The fourth-order valence-corrected chi connectivity index (χ4v) is 2.16. The third-order valence-electron chi connectivity index (χ3n) is 2.77. The minimum absolute atomic E-state index is 0.0395. The highest BCUT2D eigenvalue weighted by Crippen LogP contribution is 2.20. The van der Waals surface area contributed by atoms with Crippen LogP contribution in [0.2, 0.25) is 0 Å². The van der Waals surface area contributed by atoms with E-state index in [0.29, 0.717) is 18.7 Å². The summed E-state index contributed by atoms with van der Waals surface area (Å²) < 4.78 is 5.89. The van der Waals surface area contributed by atoms with E-state index in [2.05, 4.69) is 15.9 Å². The minimum Gasteiger partial charge on any atom is -0.383 e. The summed E-state index contributed by atoms with van der Waals surface area (Å²) in [5, 5.41) is 0. The Bertz CT molecular complexity index is 418. The van der Waals surface area contributed by atoms with E-state index < -0.39 is 0 Å². The summed E-state index contributed by atoms with van der Waals surface area (Å²) in [7, 11) is 1.64. The second-order valence-electron chi connectivity index (χ2n) is 4.57. The van der Waals surface area contributed by atoms with Gasteiger partial charge in [-0.05, 0) is 48.8 Å². The van der Waals surface area contributed by atoms with Crippen LogP contribution in [-0.4, -0.2) is 37.1 Å². The van der Waals surface area contributed by atoms with Crippen LogP contribution >= 0.6 is 15.9 Å². The summed E-state index contributed by atoms with van der Waals surface area (Å²) in [6.07, 6.45) is 0. The second kappa shape index (κ2) is 6.90. The zero-order chi connectivity index (χ0) is 13.7. The molecule has 4 heteroatoms. The van der Waals surface area contributed by atoms with Crippen molar-refractivity contribution in [1.82, 2.24) is 4.90 Å². The molecule has 0 aliphatic heterocycles. The minimum atomic E-state index is 0.0395. The van der Waals surface area contributed by atoms with E-state index in [1.165, 1.54) is 0 Å². The third kappa shape index (κ3) is 3.82.